The Kier molecular flexibility index (Phi) is 5.54. The van der Waals surface area contributed by atoms with Gasteiger partial charge in [0.15, 0.2) is 0 Å². The minimum absolute atomic E-state index is 0.00102. The van der Waals surface area contributed by atoms with Gasteiger partial charge in [-0.15, -0.1) is 0 Å². The summed E-state index contributed by atoms with van der Waals surface area (Å²) in [7, 11) is -3.85. The summed E-state index contributed by atoms with van der Waals surface area (Å²) >= 11 is 5.86. The van der Waals surface area contributed by atoms with E-state index in [1.54, 1.807) is 36.4 Å². The number of hydrogen-bond donors (Lipinski definition) is 2. The van der Waals surface area contributed by atoms with Crippen LogP contribution in [0.3, 0.4) is 0 Å². The molecule has 0 unspecified atom stereocenters. The van der Waals surface area contributed by atoms with Crippen LogP contribution in [-0.4, -0.2) is 47.6 Å². The largest absolute Gasteiger partial charge is 0.360 e. The molecule has 1 aliphatic heterocycles. The van der Waals surface area contributed by atoms with E-state index in [1.165, 1.54) is 16.4 Å². The van der Waals surface area contributed by atoms with Crippen LogP contribution in [0.4, 0.5) is 4.39 Å². The number of nitrogens with one attached hydrogen (secondary N) is 2. The summed E-state index contributed by atoms with van der Waals surface area (Å²) < 4.78 is 43.4. The average molecular weight is 545 g/mol. The lowest BCUT2D eigenvalue weighted by molar-refractivity contribution is -0.151. The summed E-state index contributed by atoms with van der Waals surface area (Å²) in [4.78, 5) is 18.0. The Bertz CT molecular complexity index is 1390. The number of benzene rings is 2. The lowest BCUT2D eigenvalue weighted by atomic mass is 9.38. The predicted octanol–water partition coefficient (Wildman–Crippen LogP) is 4.02. The first kappa shape index (κ1) is 24.8. The first-order valence-corrected chi connectivity index (χ1v) is 14.5. The summed E-state index contributed by atoms with van der Waals surface area (Å²) in [5.41, 5.74) is -0.919. The maximum absolute atomic E-state index is 14.2. The van der Waals surface area contributed by atoms with E-state index in [4.69, 9.17) is 16.6 Å². The minimum Gasteiger partial charge on any atom is -0.360 e. The molecule has 1 atom stereocenters. The van der Waals surface area contributed by atoms with E-state index >= 15 is 0 Å². The molecule has 7 nitrogen and oxygen atoms in total. The Balaban J connectivity index is 1.25. The number of rotatable bonds is 8. The molecule has 196 valence electrons. The zero-order valence-corrected chi connectivity index (χ0v) is 22.4. The number of carbonyl (C=O) groups excluding carboxylic acids is 1. The van der Waals surface area contributed by atoms with E-state index in [0.29, 0.717) is 24.8 Å². The number of sulfonamides is 1. The Hall–Kier alpha value is -2.49. The zero-order valence-electron chi connectivity index (χ0n) is 20.8. The van der Waals surface area contributed by atoms with Crippen molar-refractivity contribution >= 4 is 33.4 Å². The Morgan fingerprint density at radius 3 is 2.46 bits per heavy atom. The Labute approximate surface area is 221 Å². The summed E-state index contributed by atoms with van der Waals surface area (Å²) in [6.45, 7) is 3.94. The van der Waals surface area contributed by atoms with Gasteiger partial charge in [0.2, 0.25) is 15.9 Å². The number of halogens is 2. The molecule has 0 aromatic heterocycles. The molecular weight excluding hydrogens is 515 g/mol. The third kappa shape index (κ3) is 4.06. The molecule has 1 amide bonds. The fourth-order valence-corrected chi connectivity index (χ4v) is 8.05. The monoisotopic (exact) mass is 544 g/mol. The molecule has 0 spiro atoms. The molecular formula is C27H30ClFN4O3S. The van der Waals surface area contributed by atoms with Crippen LogP contribution in [0.5, 0.6) is 0 Å². The van der Waals surface area contributed by atoms with Gasteiger partial charge < -0.3 is 10.6 Å². The SMILES string of the molecule is CC1(C)N=C(C23CC(N(Cc4ccc(Cl)c(F)c4)S(=O)(=O)c4ccccc4)(C2)C3)N[C@H]1C(=O)NC1CC1. The van der Waals surface area contributed by atoms with Crippen molar-refractivity contribution in [3.05, 3.63) is 64.9 Å². The molecule has 4 saturated carbocycles. The van der Waals surface area contributed by atoms with Gasteiger partial charge in [0.1, 0.15) is 17.7 Å². The third-order valence-corrected chi connectivity index (χ3v) is 10.5. The molecule has 0 saturated heterocycles. The van der Waals surface area contributed by atoms with Crippen molar-refractivity contribution in [2.45, 2.75) is 80.6 Å². The highest BCUT2D eigenvalue weighted by Crippen LogP contribution is 2.71. The van der Waals surface area contributed by atoms with Crippen LogP contribution < -0.4 is 10.6 Å². The summed E-state index contributed by atoms with van der Waals surface area (Å²) in [6, 6.07) is 12.6. The zero-order chi connectivity index (χ0) is 26.2. The van der Waals surface area contributed by atoms with E-state index in [0.717, 1.165) is 18.7 Å². The highest BCUT2D eigenvalue weighted by molar-refractivity contribution is 7.89. The number of amides is 1. The Morgan fingerprint density at radius 2 is 1.84 bits per heavy atom. The van der Waals surface area contributed by atoms with Crippen molar-refractivity contribution in [2.24, 2.45) is 10.4 Å². The molecule has 2 bridgehead atoms. The molecule has 10 heteroatoms. The molecule has 1 heterocycles. The second-order valence-electron chi connectivity index (χ2n) is 11.6. The van der Waals surface area contributed by atoms with Gasteiger partial charge in [0, 0.05) is 23.5 Å². The van der Waals surface area contributed by atoms with Crippen LogP contribution in [-0.2, 0) is 21.4 Å². The van der Waals surface area contributed by atoms with Gasteiger partial charge >= 0.3 is 0 Å². The van der Waals surface area contributed by atoms with Crippen LogP contribution in [0.15, 0.2) is 58.4 Å². The number of nitrogens with zero attached hydrogens (tertiary/aromatic N) is 2. The van der Waals surface area contributed by atoms with Crippen molar-refractivity contribution in [2.75, 3.05) is 0 Å². The third-order valence-electron chi connectivity index (χ3n) is 8.25. The van der Waals surface area contributed by atoms with Gasteiger partial charge in [-0.25, -0.2) is 12.8 Å². The normalized spacial score (nSPS) is 29.6. The number of hydrogen-bond acceptors (Lipinski definition) is 5. The molecule has 4 fully saturated rings. The van der Waals surface area contributed by atoms with Crippen molar-refractivity contribution < 1.29 is 17.6 Å². The number of carbonyl (C=O) groups is 1. The van der Waals surface area contributed by atoms with Gasteiger partial charge in [0.05, 0.1) is 15.5 Å². The molecule has 7 rings (SSSR count). The van der Waals surface area contributed by atoms with E-state index in [2.05, 4.69) is 10.6 Å². The average Bonchev–Trinajstić information content (AvgIpc) is 3.55. The predicted molar refractivity (Wildman–Crippen MR) is 139 cm³/mol. The maximum Gasteiger partial charge on any atom is 0.245 e. The highest BCUT2D eigenvalue weighted by Gasteiger charge is 2.75. The quantitative estimate of drug-likeness (QED) is 0.525. The smallest absolute Gasteiger partial charge is 0.245 e. The topological polar surface area (TPSA) is 90.9 Å². The van der Waals surface area contributed by atoms with E-state index in [9.17, 15) is 17.6 Å². The second-order valence-corrected chi connectivity index (χ2v) is 13.9. The molecule has 0 radical (unpaired) electrons. The van der Waals surface area contributed by atoms with Crippen LogP contribution in [0, 0.1) is 11.2 Å². The van der Waals surface area contributed by atoms with Crippen LogP contribution in [0.1, 0.15) is 51.5 Å². The summed E-state index contributed by atoms with van der Waals surface area (Å²) in [6.07, 6.45) is 3.83. The molecule has 2 N–H and O–H groups in total. The van der Waals surface area contributed by atoms with Gasteiger partial charge in [0.25, 0.3) is 0 Å². The van der Waals surface area contributed by atoms with Gasteiger partial charge in [-0.05, 0) is 75.8 Å². The van der Waals surface area contributed by atoms with Crippen molar-refractivity contribution in [1.82, 2.24) is 14.9 Å². The van der Waals surface area contributed by atoms with Crippen molar-refractivity contribution in [3.8, 4) is 0 Å². The molecule has 5 aliphatic rings. The fourth-order valence-electron chi connectivity index (χ4n) is 6.15. The van der Waals surface area contributed by atoms with Crippen molar-refractivity contribution in [1.29, 1.82) is 0 Å². The molecule has 2 aromatic carbocycles. The van der Waals surface area contributed by atoms with Crippen LogP contribution in [0.25, 0.3) is 0 Å². The van der Waals surface area contributed by atoms with Gasteiger partial charge in [-0.2, -0.15) is 4.31 Å². The van der Waals surface area contributed by atoms with Gasteiger partial charge in [-0.3, -0.25) is 9.79 Å². The maximum atomic E-state index is 14.2. The fraction of sp³-hybridized carbons (Fsp3) is 0.481. The highest BCUT2D eigenvalue weighted by atomic mass is 35.5. The first-order chi connectivity index (χ1) is 17.4. The number of amidine groups is 1. The summed E-state index contributed by atoms with van der Waals surface area (Å²) in [5.74, 6) is 0.183. The molecule has 4 aliphatic carbocycles. The minimum atomic E-state index is -3.85. The van der Waals surface area contributed by atoms with Gasteiger partial charge in [-0.1, -0.05) is 35.9 Å². The number of aliphatic imine (C=N–C) groups is 1. The van der Waals surface area contributed by atoms with E-state index in [1.807, 2.05) is 13.8 Å². The van der Waals surface area contributed by atoms with E-state index < -0.39 is 33.0 Å². The lowest BCUT2D eigenvalue weighted by Crippen LogP contribution is -2.78. The second kappa shape index (κ2) is 8.25. The summed E-state index contributed by atoms with van der Waals surface area (Å²) in [5, 5.41) is 6.46. The van der Waals surface area contributed by atoms with E-state index in [-0.39, 0.29) is 33.8 Å². The first-order valence-electron chi connectivity index (χ1n) is 12.6. The standard InChI is InChI=1S/C27H30ClFN4O3S/c1-25(2)22(23(34)30-18-9-10-18)31-24(32-25)26-14-27(15-26,16-26)33(13-17-8-11-20(28)21(29)12-17)37(35,36)19-6-4-3-5-7-19/h3-8,11-12,18,22H,9-10,13-16H2,1-2H3,(H,30,34)(H,31,32)/t22-,26?,27?/m0/s1. The molecule has 37 heavy (non-hydrogen) atoms. The Morgan fingerprint density at radius 1 is 1.16 bits per heavy atom. The van der Waals surface area contributed by atoms with Crippen LogP contribution >= 0.6 is 11.6 Å². The lowest BCUT2D eigenvalue weighted by Gasteiger charge is -2.72. The molecule has 2 aromatic rings. The van der Waals surface area contributed by atoms with Crippen LogP contribution in [0.2, 0.25) is 5.02 Å². The van der Waals surface area contributed by atoms with Crippen molar-refractivity contribution in [3.63, 3.8) is 0 Å².